The average Bonchev–Trinajstić information content (AvgIpc) is 3.12. The molecule has 0 aliphatic heterocycles. The number of aliphatic hydroxyl groups is 1. The summed E-state index contributed by atoms with van der Waals surface area (Å²) in [6.07, 6.45) is 6.92. The predicted molar refractivity (Wildman–Crippen MR) is 82.4 cm³/mol. The molecule has 0 radical (unpaired) electrons. The van der Waals surface area contributed by atoms with Crippen LogP contribution in [0.5, 0.6) is 0 Å². The minimum atomic E-state index is -0.933. The Morgan fingerprint density at radius 2 is 2.04 bits per heavy atom. The van der Waals surface area contributed by atoms with Crippen molar-refractivity contribution in [3.63, 3.8) is 0 Å². The number of hydrogen-bond donors (Lipinski definition) is 3. The Kier molecular flexibility index (Phi) is 1.82. The Morgan fingerprint density at radius 3 is 2.74 bits per heavy atom. The molecule has 1 heterocycles. The minimum Gasteiger partial charge on any atom is -0.507 e. The monoisotopic (exact) mass is 306 g/mol. The maximum atomic E-state index is 11.5. The van der Waals surface area contributed by atoms with Crippen LogP contribution in [-0.4, -0.2) is 21.2 Å². The third-order valence-electron chi connectivity index (χ3n) is 6.18. The lowest BCUT2D eigenvalue weighted by Crippen LogP contribution is -2.43. The molecule has 5 nitrogen and oxygen atoms in total. The Hall–Kier alpha value is -2.56. The molecule has 0 spiro atoms. The molecule has 3 N–H and O–H groups in total. The number of nitrogens with zero attached hydrogens (tertiary/aromatic N) is 1. The zero-order chi connectivity index (χ0) is 15.5. The van der Waals surface area contributed by atoms with Gasteiger partial charge in [0.1, 0.15) is 5.76 Å². The zero-order valence-corrected chi connectivity index (χ0v) is 12.3. The van der Waals surface area contributed by atoms with Crippen LogP contribution in [0.15, 0.2) is 40.4 Å². The first kappa shape index (κ1) is 11.9. The first-order valence-corrected chi connectivity index (χ1v) is 8.08. The second-order valence-corrected chi connectivity index (χ2v) is 7.11. The lowest BCUT2D eigenvalue weighted by Gasteiger charge is -2.51. The SMILES string of the molecule is O=C(O)c1ncc(NC2=C3C(O)=C4C=C2C43)c2c1C1CCC2C1. The normalized spacial score (nSPS) is 31.0. The number of aliphatic hydroxyl groups excluding tert-OH is 1. The van der Waals surface area contributed by atoms with Crippen molar-refractivity contribution in [3.8, 4) is 0 Å². The first-order valence-electron chi connectivity index (χ1n) is 8.08. The quantitative estimate of drug-likeness (QED) is 0.799. The highest BCUT2D eigenvalue weighted by Gasteiger charge is 2.54. The fraction of sp³-hybridized carbons (Fsp3) is 0.333. The number of anilines is 1. The molecule has 1 saturated carbocycles. The van der Waals surface area contributed by atoms with E-state index < -0.39 is 5.97 Å². The maximum Gasteiger partial charge on any atom is 0.354 e. The van der Waals surface area contributed by atoms with Gasteiger partial charge in [0.25, 0.3) is 0 Å². The van der Waals surface area contributed by atoms with Crippen LogP contribution < -0.4 is 5.32 Å². The molecule has 1 fully saturated rings. The van der Waals surface area contributed by atoms with Crippen LogP contribution in [0, 0.1) is 5.92 Å². The number of aromatic carboxylic acids is 1. The van der Waals surface area contributed by atoms with Crippen molar-refractivity contribution in [3.05, 3.63) is 57.3 Å². The van der Waals surface area contributed by atoms with E-state index in [9.17, 15) is 15.0 Å². The standard InChI is InChI=1S/C18H14N2O3/c21-17-9-4-8-13(9)14(17)15(8)20-10-5-19-16(18(22)23)12-7-2-1-6(3-7)11(10)12/h4-7,13,20-21H,1-3H2,(H,22,23). The molecule has 114 valence electrons. The Morgan fingerprint density at radius 1 is 1.26 bits per heavy atom. The summed E-state index contributed by atoms with van der Waals surface area (Å²) in [4.78, 5) is 15.7. The molecular weight excluding hydrogens is 292 g/mol. The molecule has 5 aliphatic carbocycles. The van der Waals surface area contributed by atoms with Crippen molar-refractivity contribution in [1.29, 1.82) is 0 Å². The van der Waals surface area contributed by atoms with Gasteiger partial charge in [-0.2, -0.15) is 0 Å². The molecule has 5 heteroatoms. The van der Waals surface area contributed by atoms with E-state index in [0.717, 1.165) is 52.9 Å². The molecular formula is C18H14N2O3. The molecule has 1 aromatic rings. The van der Waals surface area contributed by atoms with Crippen molar-refractivity contribution in [2.24, 2.45) is 5.92 Å². The summed E-state index contributed by atoms with van der Waals surface area (Å²) in [5.74, 6) is 0.635. The Balaban J connectivity index is 1.48. The predicted octanol–water partition coefficient (Wildman–Crippen LogP) is 3.21. The van der Waals surface area contributed by atoms with Crippen molar-refractivity contribution >= 4 is 11.7 Å². The second kappa shape index (κ2) is 3.50. The topological polar surface area (TPSA) is 82.5 Å². The van der Waals surface area contributed by atoms with Crippen molar-refractivity contribution < 1.29 is 15.0 Å². The van der Waals surface area contributed by atoms with Gasteiger partial charge < -0.3 is 15.5 Å². The third-order valence-corrected chi connectivity index (χ3v) is 6.18. The van der Waals surface area contributed by atoms with E-state index in [2.05, 4.69) is 10.3 Å². The number of rotatable bonds is 3. The summed E-state index contributed by atoms with van der Waals surface area (Å²) in [6.45, 7) is 0. The number of nitrogens with one attached hydrogen (secondary N) is 1. The van der Waals surface area contributed by atoms with Crippen LogP contribution in [0.2, 0.25) is 0 Å². The highest BCUT2D eigenvalue weighted by atomic mass is 16.4. The summed E-state index contributed by atoms with van der Waals surface area (Å²) >= 11 is 0. The second-order valence-electron chi connectivity index (χ2n) is 7.11. The van der Waals surface area contributed by atoms with E-state index in [1.807, 2.05) is 6.08 Å². The van der Waals surface area contributed by atoms with Gasteiger partial charge in [-0.05, 0) is 53.9 Å². The van der Waals surface area contributed by atoms with Gasteiger partial charge >= 0.3 is 5.97 Å². The van der Waals surface area contributed by atoms with Gasteiger partial charge in [-0.3, -0.25) is 0 Å². The summed E-state index contributed by atoms with van der Waals surface area (Å²) in [6, 6.07) is 0. The van der Waals surface area contributed by atoms with Crippen LogP contribution in [0.4, 0.5) is 5.69 Å². The zero-order valence-electron chi connectivity index (χ0n) is 12.3. The number of pyridine rings is 1. The van der Waals surface area contributed by atoms with Crippen LogP contribution in [0.3, 0.4) is 0 Å². The average molecular weight is 306 g/mol. The highest BCUT2D eigenvalue weighted by molar-refractivity contribution is 5.90. The molecule has 0 aromatic carbocycles. The molecule has 1 aromatic heterocycles. The number of fused-ring (bicyclic) bond motifs is 5. The molecule has 6 rings (SSSR count). The van der Waals surface area contributed by atoms with E-state index in [1.165, 1.54) is 5.57 Å². The molecule has 23 heavy (non-hydrogen) atoms. The summed E-state index contributed by atoms with van der Waals surface area (Å²) in [5, 5.41) is 22.8. The van der Waals surface area contributed by atoms with Crippen LogP contribution in [-0.2, 0) is 0 Å². The number of hydrogen-bond acceptors (Lipinski definition) is 4. The smallest absolute Gasteiger partial charge is 0.354 e. The van der Waals surface area contributed by atoms with Crippen molar-refractivity contribution in [2.45, 2.75) is 31.1 Å². The van der Waals surface area contributed by atoms with Gasteiger partial charge in [0.05, 0.1) is 17.6 Å². The molecule has 0 amide bonds. The van der Waals surface area contributed by atoms with Gasteiger partial charge in [0.2, 0.25) is 0 Å². The highest BCUT2D eigenvalue weighted by Crippen LogP contribution is 2.64. The molecule has 0 saturated heterocycles. The summed E-state index contributed by atoms with van der Waals surface area (Å²) < 4.78 is 0. The van der Waals surface area contributed by atoms with E-state index >= 15 is 0 Å². The van der Waals surface area contributed by atoms with Gasteiger partial charge in [0, 0.05) is 17.1 Å². The number of aromatic nitrogens is 1. The molecule has 3 unspecified atom stereocenters. The van der Waals surface area contributed by atoms with Crippen LogP contribution >= 0.6 is 0 Å². The lowest BCUT2D eigenvalue weighted by atomic mass is 9.54. The largest absolute Gasteiger partial charge is 0.507 e. The van der Waals surface area contributed by atoms with E-state index in [4.69, 9.17) is 0 Å². The third kappa shape index (κ3) is 1.16. The molecule has 5 aliphatic rings. The maximum absolute atomic E-state index is 11.5. The molecule has 3 atom stereocenters. The fourth-order valence-electron chi connectivity index (χ4n) is 5.14. The number of carboxylic acid groups (broad SMARTS) is 1. The van der Waals surface area contributed by atoms with Crippen molar-refractivity contribution in [1.82, 2.24) is 4.98 Å². The summed E-state index contributed by atoms with van der Waals surface area (Å²) in [7, 11) is 0. The minimum absolute atomic E-state index is 0.221. The van der Waals surface area contributed by atoms with Crippen LogP contribution in [0.1, 0.15) is 52.7 Å². The van der Waals surface area contributed by atoms with E-state index in [0.29, 0.717) is 23.5 Å². The number of allylic oxidation sites excluding steroid dienone is 4. The summed E-state index contributed by atoms with van der Waals surface area (Å²) in [5.41, 5.74) is 7.56. The van der Waals surface area contributed by atoms with E-state index in [1.54, 1.807) is 6.20 Å². The lowest BCUT2D eigenvalue weighted by molar-refractivity contribution is 0.0688. The van der Waals surface area contributed by atoms with Gasteiger partial charge in [-0.15, -0.1) is 0 Å². The van der Waals surface area contributed by atoms with Gasteiger partial charge in [-0.25, -0.2) is 9.78 Å². The Labute approximate surface area is 132 Å². The van der Waals surface area contributed by atoms with Gasteiger partial charge in [0.15, 0.2) is 5.69 Å². The fourth-order valence-corrected chi connectivity index (χ4v) is 5.14. The number of carbonyl (C=O) groups is 1. The van der Waals surface area contributed by atoms with E-state index in [-0.39, 0.29) is 5.69 Å². The number of carboxylic acids is 1. The Bertz CT molecular complexity index is 938. The van der Waals surface area contributed by atoms with Gasteiger partial charge in [-0.1, -0.05) is 0 Å². The molecule has 2 bridgehead atoms. The van der Waals surface area contributed by atoms with Crippen LogP contribution in [0.25, 0.3) is 0 Å². The van der Waals surface area contributed by atoms with Crippen molar-refractivity contribution in [2.75, 3.05) is 5.32 Å². The first-order chi connectivity index (χ1) is 11.1.